The molecule has 0 radical (unpaired) electrons. The van der Waals surface area contributed by atoms with Crippen LogP contribution in [0, 0.1) is 5.92 Å². The van der Waals surface area contributed by atoms with Crippen LogP contribution in [0.3, 0.4) is 0 Å². The van der Waals surface area contributed by atoms with Gasteiger partial charge < -0.3 is 15.5 Å². The second-order valence-corrected chi connectivity index (χ2v) is 9.63. The second-order valence-electron chi connectivity index (χ2n) is 9.63. The van der Waals surface area contributed by atoms with Crippen molar-refractivity contribution in [2.24, 2.45) is 10.9 Å². The fourth-order valence-electron chi connectivity index (χ4n) is 5.07. The first-order chi connectivity index (χ1) is 15.6. The van der Waals surface area contributed by atoms with Gasteiger partial charge in [0.15, 0.2) is 5.96 Å². The predicted molar refractivity (Wildman–Crippen MR) is 130 cm³/mol. The number of amides is 1. The number of piperazine rings is 1. The molecule has 1 aromatic carbocycles. The second kappa shape index (κ2) is 11.1. The minimum absolute atomic E-state index is 0.319. The molecule has 4 rings (SSSR count). The lowest BCUT2D eigenvalue weighted by Gasteiger charge is -2.38. The van der Waals surface area contributed by atoms with Crippen molar-refractivity contribution in [2.75, 3.05) is 52.9 Å². The highest BCUT2D eigenvalue weighted by Crippen LogP contribution is 2.28. The highest BCUT2D eigenvalue weighted by Gasteiger charge is 2.31. The van der Waals surface area contributed by atoms with Gasteiger partial charge in [-0.25, -0.2) is 0 Å². The summed E-state index contributed by atoms with van der Waals surface area (Å²) in [5.41, 5.74) is 1.37. The maximum absolute atomic E-state index is 12.4. The van der Waals surface area contributed by atoms with Crippen molar-refractivity contribution in [1.82, 2.24) is 25.3 Å². The van der Waals surface area contributed by atoms with Crippen LogP contribution in [-0.2, 0) is 11.3 Å². The number of rotatable bonds is 7. The van der Waals surface area contributed by atoms with Gasteiger partial charge in [0.1, 0.15) is 0 Å². The van der Waals surface area contributed by atoms with E-state index in [1.165, 1.54) is 12.0 Å². The zero-order valence-electron chi connectivity index (χ0n) is 19.8. The lowest BCUT2D eigenvalue weighted by molar-refractivity contribution is -0.139. The molecule has 7 heteroatoms. The monoisotopic (exact) mass is 440 g/mol. The highest BCUT2D eigenvalue weighted by molar-refractivity contribution is 5.80. The number of carbonyl (C=O) groups is 1. The van der Waals surface area contributed by atoms with Crippen LogP contribution in [0.25, 0.3) is 0 Å². The summed E-state index contributed by atoms with van der Waals surface area (Å²) in [6.07, 6.45) is 4.55. The Hall–Kier alpha value is -2.12. The van der Waals surface area contributed by atoms with E-state index in [-0.39, 0.29) is 0 Å². The first-order valence-corrected chi connectivity index (χ1v) is 12.4. The summed E-state index contributed by atoms with van der Waals surface area (Å²) in [6, 6.07) is 11.7. The molecule has 3 aliphatic rings. The standard InChI is InChI=1S/C25H40N6O/c1-20-17-23(19-31(20)18-21-7-4-3-5-8-21)28-25(26-2)27-11-12-29-13-15-30(16-14-29)24(32)22-9-6-10-22/h3-5,7-8,20,22-23H,6,9-19H2,1-2H3,(H2,26,27,28). The molecule has 1 aliphatic carbocycles. The summed E-state index contributed by atoms with van der Waals surface area (Å²) in [5.74, 6) is 1.60. The predicted octanol–water partition coefficient (Wildman–Crippen LogP) is 1.76. The van der Waals surface area contributed by atoms with Crippen molar-refractivity contribution >= 4 is 11.9 Å². The zero-order chi connectivity index (χ0) is 22.3. The SMILES string of the molecule is CN=C(NCCN1CCN(C(=O)C2CCC2)CC1)NC1CC(C)N(Cc2ccccc2)C1. The molecular formula is C25H40N6O. The third-order valence-electron chi connectivity index (χ3n) is 7.36. The number of guanidine groups is 1. The van der Waals surface area contributed by atoms with Crippen molar-refractivity contribution in [2.45, 2.75) is 51.2 Å². The summed E-state index contributed by atoms with van der Waals surface area (Å²) in [7, 11) is 1.85. The number of hydrogen-bond acceptors (Lipinski definition) is 4. The molecule has 0 aromatic heterocycles. The first-order valence-electron chi connectivity index (χ1n) is 12.4. The van der Waals surface area contributed by atoms with Crippen molar-refractivity contribution in [3.63, 3.8) is 0 Å². The van der Waals surface area contributed by atoms with E-state index < -0.39 is 0 Å². The number of likely N-dealkylation sites (tertiary alicyclic amines) is 1. The number of benzene rings is 1. The summed E-state index contributed by atoms with van der Waals surface area (Å²) < 4.78 is 0. The number of aliphatic imine (C=N–C) groups is 1. The van der Waals surface area contributed by atoms with Gasteiger partial charge in [-0.15, -0.1) is 0 Å². The van der Waals surface area contributed by atoms with Gasteiger partial charge in [0.25, 0.3) is 0 Å². The van der Waals surface area contributed by atoms with E-state index in [4.69, 9.17) is 0 Å². The van der Waals surface area contributed by atoms with Gasteiger partial charge in [0, 0.05) is 77.4 Å². The lowest BCUT2D eigenvalue weighted by atomic mass is 9.84. The molecule has 0 spiro atoms. The van der Waals surface area contributed by atoms with Crippen LogP contribution >= 0.6 is 0 Å². The molecule has 7 nitrogen and oxygen atoms in total. The van der Waals surface area contributed by atoms with E-state index >= 15 is 0 Å². The van der Waals surface area contributed by atoms with E-state index in [2.05, 4.69) is 67.6 Å². The highest BCUT2D eigenvalue weighted by atomic mass is 16.2. The Balaban J connectivity index is 1.14. The Morgan fingerprint density at radius 3 is 2.53 bits per heavy atom. The van der Waals surface area contributed by atoms with Gasteiger partial charge in [0.05, 0.1) is 0 Å². The third kappa shape index (κ3) is 6.01. The fraction of sp³-hybridized carbons (Fsp3) is 0.680. The van der Waals surface area contributed by atoms with Gasteiger partial charge in [-0.05, 0) is 31.7 Å². The number of nitrogens with one attached hydrogen (secondary N) is 2. The van der Waals surface area contributed by atoms with Gasteiger partial charge >= 0.3 is 0 Å². The van der Waals surface area contributed by atoms with Crippen molar-refractivity contribution in [3.8, 4) is 0 Å². The molecule has 1 aromatic rings. The van der Waals surface area contributed by atoms with Crippen LogP contribution in [0.15, 0.2) is 35.3 Å². The Kier molecular flexibility index (Phi) is 8.03. The average molecular weight is 441 g/mol. The van der Waals surface area contributed by atoms with Crippen LogP contribution < -0.4 is 10.6 Å². The summed E-state index contributed by atoms with van der Waals surface area (Å²) in [6.45, 7) is 9.89. The molecule has 3 fully saturated rings. The maximum atomic E-state index is 12.4. The molecule has 2 saturated heterocycles. The Morgan fingerprint density at radius 2 is 1.88 bits per heavy atom. The molecular weight excluding hydrogens is 400 g/mol. The summed E-state index contributed by atoms with van der Waals surface area (Å²) in [4.78, 5) is 23.9. The molecule has 1 amide bonds. The molecule has 2 aliphatic heterocycles. The summed E-state index contributed by atoms with van der Waals surface area (Å²) >= 11 is 0. The first kappa shape index (κ1) is 23.1. The van der Waals surface area contributed by atoms with Gasteiger partial charge in [0.2, 0.25) is 5.91 Å². The van der Waals surface area contributed by atoms with Crippen LogP contribution in [0.5, 0.6) is 0 Å². The van der Waals surface area contributed by atoms with Crippen LogP contribution in [0.2, 0.25) is 0 Å². The molecule has 2 unspecified atom stereocenters. The van der Waals surface area contributed by atoms with E-state index in [9.17, 15) is 4.79 Å². The van der Waals surface area contributed by atoms with E-state index in [1.54, 1.807) is 0 Å². The van der Waals surface area contributed by atoms with E-state index in [0.29, 0.717) is 23.9 Å². The maximum Gasteiger partial charge on any atom is 0.225 e. The van der Waals surface area contributed by atoms with Crippen molar-refractivity contribution in [1.29, 1.82) is 0 Å². The minimum atomic E-state index is 0.319. The van der Waals surface area contributed by atoms with Gasteiger partial charge in [-0.3, -0.25) is 19.6 Å². The Morgan fingerprint density at radius 1 is 1.12 bits per heavy atom. The lowest BCUT2D eigenvalue weighted by Crippen LogP contribution is -2.53. The topological polar surface area (TPSA) is 63.2 Å². The molecule has 1 saturated carbocycles. The Bertz CT molecular complexity index is 757. The molecule has 2 atom stereocenters. The summed E-state index contributed by atoms with van der Waals surface area (Å²) in [5, 5.41) is 7.11. The van der Waals surface area contributed by atoms with E-state index in [0.717, 1.165) is 77.6 Å². The number of hydrogen-bond donors (Lipinski definition) is 2. The minimum Gasteiger partial charge on any atom is -0.355 e. The Labute approximate surface area is 193 Å². The van der Waals surface area contributed by atoms with Crippen LogP contribution in [0.4, 0.5) is 0 Å². The van der Waals surface area contributed by atoms with Crippen molar-refractivity contribution in [3.05, 3.63) is 35.9 Å². The molecule has 176 valence electrons. The number of carbonyl (C=O) groups excluding carboxylic acids is 1. The van der Waals surface area contributed by atoms with Crippen LogP contribution in [-0.4, -0.2) is 91.5 Å². The molecule has 0 bridgehead atoms. The van der Waals surface area contributed by atoms with Gasteiger partial charge in [-0.1, -0.05) is 36.8 Å². The fourth-order valence-corrected chi connectivity index (χ4v) is 5.07. The molecule has 32 heavy (non-hydrogen) atoms. The smallest absolute Gasteiger partial charge is 0.225 e. The normalized spacial score (nSPS) is 25.6. The van der Waals surface area contributed by atoms with Crippen LogP contribution in [0.1, 0.15) is 38.2 Å². The largest absolute Gasteiger partial charge is 0.355 e. The molecule has 2 N–H and O–H groups in total. The van der Waals surface area contributed by atoms with Gasteiger partial charge in [-0.2, -0.15) is 0 Å². The van der Waals surface area contributed by atoms with Crippen molar-refractivity contribution < 1.29 is 4.79 Å². The molecule has 2 heterocycles. The van der Waals surface area contributed by atoms with E-state index in [1.807, 2.05) is 7.05 Å². The number of nitrogens with zero attached hydrogens (tertiary/aromatic N) is 4. The third-order valence-corrected chi connectivity index (χ3v) is 7.36. The quantitative estimate of drug-likeness (QED) is 0.500. The zero-order valence-corrected chi connectivity index (χ0v) is 19.8. The average Bonchev–Trinajstić information content (AvgIpc) is 3.11.